The van der Waals surface area contributed by atoms with Gasteiger partial charge in [0, 0.05) is 12.5 Å². The topological polar surface area (TPSA) is 44.8 Å². The highest BCUT2D eigenvalue weighted by atomic mass is 28.4. The summed E-state index contributed by atoms with van der Waals surface area (Å²) in [5.74, 6) is -0.386. The number of rotatable bonds is 17. The van der Waals surface area contributed by atoms with Crippen molar-refractivity contribution in [3.8, 4) is 0 Å². The van der Waals surface area contributed by atoms with Gasteiger partial charge >= 0.3 is 5.97 Å². The molecule has 0 aromatic heterocycles. The average molecular weight is 619 g/mol. The molecule has 1 aliphatic rings. The van der Waals surface area contributed by atoms with E-state index in [9.17, 15) is 4.79 Å². The smallest absolute Gasteiger partial charge is 0.305 e. The zero-order valence-electron chi connectivity index (χ0n) is 28.6. The third-order valence-corrected chi connectivity index (χ3v) is 19.1. The van der Waals surface area contributed by atoms with Crippen LogP contribution in [0.2, 0.25) is 36.3 Å². The predicted molar refractivity (Wildman–Crippen MR) is 174 cm³/mol. The van der Waals surface area contributed by atoms with Gasteiger partial charge in [-0.2, -0.15) is 0 Å². The van der Waals surface area contributed by atoms with Crippen LogP contribution in [0.3, 0.4) is 0 Å². The van der Waals surface area contributed by atoms with Gasteiger partial charge in [-0.05, 0) is 93.0 Å². The molecule has 1 fully saturated rings. The lowest BCUT2D eigenvalue weighted by Gasteiger charge is -2.42. The molecule has 0 saturated heterocycles. The Hall–Kier alpha value is -0.576. The maximum absolute atomic E-state index is 15.8. The quantitative estimate of drug-likeness (QED) is 0.0704. The van der Waals surface area contributed by atoms with Gasteiger partial charge in [0.2, 0.25) is 0 Å². The first kappa shape index (κ1) is 38.4. The first-order valence-corrected chi connectivity index (χ1v) is 22.0. The van der Waals surface area contributed by atoms with E-state index in [2.05, 4.69) is 74.7 Å². The third kappa shape index (κ3) is 12.1. The number of methoxy groups -OCH3 is 1. The summed E-state index contributed by atoms with van der Waals surface area (Å²) in [6, 6.07) is 0. The van der Waals surface area contributed by atoms with Crippen LogP contribution in [0.4, 0.5) is 8.78 Å². The summed E-state index contributed by atoms with van der Waals surface area (Å²) in [5, 5.41) is 0.0464. The van der Waals surface area contributed by atoms with E-state index >= 15 is 8.78 Å². The molecule has 0 heterocycles. The Morgan fingerprint density at radius 2 is 1.56 bits per heavy atom. The van der Waals surface area contributed by atoms with Crippen molar-refractivity contribution in [2.24, 2.45) is 11.8 Å². The van der Waals surface area contributed by atoms with E-state index < -0.39 is 35.1 Å². The van der Waals surface area contributed by atoms with Gasteiger partial charge < -0.3 is 13.6 Å². The molecule has 0 N–H and O–H groups in total. The Balaban J connectivity index is 3.17. The van der Waals surface area contributed by atoms with Crippen LogP contribution < -0.4 is 0 Å². The molecule has 1 aliphatic carbocycles. The van der Waals surface area contributed by atoms with Crippen LogP contribution in [0, 0.1) is 11.8 Å². The monoisotopic (exact) mass is 618 g/mol. The average Bonchev–Trinajstić information content (AvgIpc) is 3.24. The van der Waals surface area contributed by atoms with Crippen molar-refractivity contribution in [2.75, 3.05) is 7.11 Å². The highest BCUT2D eigenvalue weighted by molar-refractivity contribution is 6.74. The van der Waals surface area contributed by atoms with Crippen molar-refractivity contribution in [1.82, 2.24) is 0 Å². The van der Waals surface area contributed by atoms with E-state index in [0.717, 1.165) is 25.7 Å². The number of esters is 1. The van der Waals surface area contributed by atoms with Crippen LogP contribution in [0.25, 0.3) is 0 Å². The lowest BCUT2D eigenvalue weighted by Crippen LogP contribution is -2.47. The number of hydrogen-bond acceptors (Lipinski definition) is 4. The number of carbonyl (C=O) groups excluding carboxylic acids is 1. The molecule has 0 aliphatic heterocycles. The number of carbonyl (C=O) groups is 1. The number of alkyl halides is 2. The SMILES string of the molecule is CCCC[C@H](F)[C@@H](CC[C@@H]1[C@@H]([C@H](F)C=CCCCC(=O)OC)CC[C@H]1O[Si](C)(C)C(C)(C)C)O[Si](C)(C)C(C)(C)C. The van der Waals surface area contributed by atoms with Crippen molar-refractivity contribution in [2.45, 2.75) is 173 Å². The zero-order chi connectivity index (χ0) is 31.6. The molecule has 0 aromatic rings. The Bertz CT molecular complexity index is 804. The molecule has 4 nitrogen and oxygen atoms in total. The molecule has 0 radical (unpaired) electrons. The normalized spacial score (nSPS) is 23.1. The summed E-state index contributed by atoms with van der Waals surface area (Å²) in [6.45, 7) is 24.3. The number of unbranched alkanes of at least 4 members (excludes halogenated alkanes) is 2. The molecule has 0 spiro atoms. The lowest BCUT2D eigenvalue weighted by molar-refractivity contribution is -0.140. The van der Waals surface area contributed by atoms with Gasteiger partial charge in [-0.25, -0.2) is 8.78 Å². The maximum atomic E-state index is 15.8. The van der Waals surface area contributed by atoms with E-state index in [1.807, 2.05) is 6.08 Å². The number of halogens is 2. The fraction of sp³-hybridized carbons (Fsp3) is 0.909. The second-order valence-corrected chi connectivity index (χ2v) is 24.8. The van der Waals surface area contributed by atoms with Gasteiger partial charge in [-0.15, -0.1) is 0 Å². The fourth-order valence-corrected chi connectivity index (χ4v) is 7.98. The van der Waals surface area contributed by atoms with Crippen LogP contribution in [0.15, 0.2) is 12.2 Å². The summed E-state index contributed by atoms with van der Waals surface area (Å²) >= 11 is 0. The molecule has 1 rings (SSSR count). The lowest BCUT2D eigenvalue weighted by atomic mass is 9.85. The second kappa shape index (κ2) is 16.5. The van der Waals surface area contributed by atoms with E-state index in [4.69, 9.17) is 13.6 Å². The molecule has 242 valence electrons. The largest absolute Gasteiger partial charge is 0.469 e. The van der Waals surface area contributed by atoms with Crippen molar-refractivity contribution < 1.29 is 27.2 Å². The van der Waals surface area contributed by atoms with E-state index in [1.165, 1.54) is 7.11 Å². The standard InChI is InChI=1S/C33H64F2O4Si2/c1-13-14-18-28(35)30(39-41(11,12)33(5,6)7)24-22-26-25(27(34)19-16-15-17-20-31(36)37-8)21-23-29(26)38-40(9,10)32(2,3)4/h16,19,25-30H,13-15,17-18,20-24H2,1-12H3/t25-,26+,27+,28-,29+,30+/m0/s1. The van der Waals surface area contributed by atoms with E-state index in [0.29, 0.717) is 38.5 Å². The molecule has 0 bridgehead atoms. The Morgan fingerprint density at radius 1 is 0.951 bits per heavy atom. The molecule has 0 unspecified atom stereocenters. The molecule has 41 heavy (non-hydrogen) atoms. The minimum Gasteiger partial charge on any atom is -0.469 e. The molecule has 8 heteroatoms. The number of allylic oxidation sites excluding steroid dienone is 2. The van der Waals surface area contributed by atoms with Crippen LogP contribution >= 0.6 is 0 Å². The van der Waals surface area contributed by atoms with Crippen LogP contribution in [-0.2, 0) is 18.4 Å². The summed E-state index contributed by atoms with van der Waals surface area (Å²) in [5.41, 5.74) is 0. The van der Waals surface area contributed by atoms with E-state index in [-0.39, 0.29) is 34.0 Å². The summed E-state index contributed by atoms with van der Waals surface area (Å²) < 4.78 is 49.8. The fourth-order valence-electron chi connectivity index (χ4n) is 5.20. The van der Waals surface area contributed by atoms with Crippen molar-refractivity contribution in [1.29, 1.82) is 0 Å². The summed E-state index contributed by atoms with van der Waals surface area (Å²) in [7, 11) is -2.87. The molecular formula is C33H64F2O4Si2. The summed E-state index contributed by atoms with van der Waals surface area (Å²) in [6.07, 6.45) is 7.75. The molecule has 6 atom stereocenters. The first-order valence-electron chi connectivity index (χ1n) is 16.1. The molecule has 1 saturated carbocycles. The zero-order valence-corrected chi connectivity index (χ0v) is 30.6. The number of hydrogen-bond donors (Lipinski definition) is 0. The Morgan fingerprint density at radius 3 is 2.10 bits per heavy atom. The Kier molecular flexibility index (Phi) is 15.5. The van der Waals surface area contributed by atoms with Gasteiger partial charge in [0.15, 0.2) is 16.6 Å². The van der Waals surface area contributed by atoms with Gasteiger partial charge in [0.25, 0.3) is 0 Å². The third-order valence-electron chi connectivity index (χ3n) is 10.0. The maximum Gasteiger partial charge on any atom is 0.305 e. The van der Waals surface area contributed by atoms with Crippen LogP contribution in [0.1, 0.15) is 113 Å². The summed E-state index contributed by atoms with van der Waals surface area (Å²) in [4.78, 5) is 11.4. The van der Waals surface area contributed by atoms with Crippen molar-refractivity contribution in [3.63, 3.8) is 0 Å². The van der Waals surface area contributed by atoms with Crippen molar-refractivity contribution >= 4 is 22.6 Å². The second-order valence-electron chi connectivity index (χ2n) is 15.3. The minimum absolute atomic E-state index is 0.0116. The van der Waals surface area contributed by atoms with E-state index in [1.54, 1.807) is 6.08 Å². The van der Waals surface area contributed by atoms with Crippen molar-refractivity contribution in [3.05, 3.63) is 12.2 Å². The van der Waals surface area contributed by atoms with Crippen LogP contribution in [-0.4, -0.2) is 54.3 Å². The van der Waals surface area contributed by atoms with Crippen LogP contribution in [0.5, 0.6) is 0 Å². The highest BCUT2D eigenvalue weighted by Gasteiger charge is 2.47. The van der Waals surface area contributed by atoms with Gasteiger partial charge in [-0.1, -0.05) is 73.5 Å². The number of ether oxygens (including phenoxy) is 1. The molecule has 0 amide bonds. The highest BCUT2D eigenvalue weighted by Crippen LogP contribution is 2.46. The predicted octanol–water partition coefficient (Wildman–Crippen LogP) is 10.3. The molecular weight excluding hydrogens is 555 g/mol. The van der Waals surface area contributed by atoms with Gasteiger partial charge in [0.1, 0.15) is 12.3 Å². The minimum atomic E-state index is -2.18. The Labute approximate surface area is 254 Å². The first-order chi connectivity index (χ1) is 18.8. The van der Waals surface area contributed by atoms with Gasteiger partial charge in [-0.3, -0.25) is 4.79 Å². The molecule has 0 aromatic carbocycles. The van der Waals surface area contributed by atoms with Gasteiger partial charge in [0.05, 0.1) is 13.2 Å².